The fourth-order valence-electron chi connectivity index (χ4n) is 1.39. The summed E-state index contributed by atoms with van der Waals surface area (Å²) in [5.74, 6) is 0.816. The first kappa shape index (κ1) is 11.5. The molecule has 1 nitrogen and oxygen atoms in total. The van der Waals surface area contributed by atoms with Gasteiger partial charge in [-0.05, 0) is 48.6 Å². The standard InChI is InChI=1S/C11H16FNS/c1-8-5-9(7-10(12)6-8)11(13)3-4-14-2/h5-7,11H,3-4,13H2,1-2H3. The Morgan fingerprint density at radius 3 is 2.71 bits per heavy atom. The molecule has 1 rings (SSSR count). The molecule has 1 unspecified atom stereocenters. The van der Waals surface area contributed by atoms with Crippen LogP contribution in [0.15, 0.2) is 18.2 Å². The number of aryl methyl sites for hydroxylation is 1. The van der Waals surface area contributed by atoms with E-state index in [4.69, 9.17) is 5.73 Å². The Hall–Kier alpha value is -0.540. The molecule has 2 N–H and O–H groups in total. The van der Waals surface area contributed by atoms with E-state index in [2.05, 4.69) is 0 Å². The molecule has 0 saturated carbocycles. The molecule has 14 heavy (non-hydrogen) atoms. The van der Waals surface area contributed by atoms with Crippen LogP contribution in [0.5, 0.6) is 0 Å². The number of benzene rings is 1. The van der Waals surface area contributed by atoms with E-state index < -0.39 is 0 Å². The molecule has 0 radical (unpaired) electrons. The van der Waals surface area contributed by atoms with E-state index in [1.807, 2.05) is 19.2 Å². The Bertz CT molecular complexity index is 281. The quantitative estimate of drug-likeness (QED) is 0.832. The molecule has 1 aromatic carbocycles. The van der Waals surface area contributed by atoms with Gasteiger partial charge in [0.25, 0.3) is 0 Å². The summed E-state index contributed by atoms with van der Waals surface area (Å²) in [5.41, 5.74) is 7.77. The van der Waals surface area contributed by atoms with E-state index in [-0.39, 0.29) is 11.9 Å². The molecule has 0 aliphatic carbocycles. The summed E-state index contributed by atoms with van der Waals surface area (Å²) in [7, 11) is 0. The third kappa shape index (κ3) is 3.31. The number of rotatable bonds is 4. The van der Waals surface area contributed by atoms with Gasteiger partial charge in [0.05, 0.1) is 0 Å². The molecule has 78 valence electrons. The van der Waals surface area contributed by atoms with E-state index >= 15 is 0 Å². The monoisotopic (exact) mass is 213 g/mol. The van der Waals surface area contributed by atoms with Crippen molar-refractivity contribution in [2.45, 2.75) is 19.4 Å². The molecule has 0 bridgehead atoms. The molecule has 0 fully saturated rings. The van der Waals surface area contributed by atoms with E-state index in [0.717, 1.165) is 23.3 Å². The molecular formula is C11H16FNS. The zero-order chi connectivity index (χ0) is 10.6. The minimum Gasteiger partial charge on any atom is -0.324 e. The number of hydrogen-bond acceptors (Lipinski definition) is 2. The van der Waals surface area contributed by atoms with Gasteiger partial charge in [0.15, 0.2) is 0 Å². The first-order chi connectivity index (χ1) is 6.63. The molecule has 3 heteroatoms. The number of nitrogens with two attached hydrogens (primary N) is 1. The smallest absolute Gasteiger partial charge is 0.123 e. The van der Waals surface area contributed by atoms with Crippen LogP contribution in [0.1, 0.15) is 23.6 Å². The maximum absolute atomic E-state index is 13.0. The highest BCUT2D eigenvalue weighted by molar-refractivity contribution is 7.98. The van der Waals surface area contributed by atoms with Crippen molar-refractivity contribution >= 4 is 11.8 Å². The van der Waals surface area contributed by atoms with Crippen LogP contribution in [0, 0.1) is 12.7 Å². The van der Waals surface area contributed by atoms with Gasteiger partial charge in [0.1, 0.15) is 5.82 Å². The van der Waals surface area contributed by atoms with E-state index in [1.54, 1.807) is 11.8 Å². The summed E-state index contributed by atoms with van der Waals surface area (Å²) < 4.78 is 13.0. The van der Waals surface area contributed by atoms with Gasteiger partial charge in [-0.1, -0.05) is 6.07 Å². The molecule has 0 amide bonds. The average molecular weight is 213 g/mol. The number of hydrogen-bond donors (Lipinski definition) is 1. The highest BCUT2D eigenvalue weighted by Crippen LogP contribution is 2.18. The van der Waals surface area contributed by atoms with Gasteiger partial charge in [-0.15, -0.1) is 0 Å². The van der Waals surface area contributed by atoms with Gasteiger partial charge in [-0.2, -0.15) is 11.8 Å². The maximum Gasteiger partial charge on any atom is 0.123 e. The molecule has 0 saturated heterocycles. The van der Waals surface area contributed by atoms with Crippen molar-refractivity contribution in [1.29, 1.82) is 0 Å². The molecule has 1 aromatic rings. The Balaban J connectivity index is 2.73. The first-order valence-corrected chi connectivity index (χ1v) is 6.04. The minimum atomic E-state index is -0.195. The Morgan fingerprint density at radius 2 is 2.14 bits per heavy atom. The Morgan fingerprint density at radius 1 is 1.43 bits per heavy atom. The predicted molar refractivity (Wildman–Crippen MR) is 61.1 cm³/mol. The van der Waals surface area contributed by atoms with Crippen molar-refractivity contribution in [3.63, 3.8) is 0 Å². The highest BCUT2D eigenvalue weighted by atomic mass is 32.2. The van der Waals surface area contributed by atoms with Crippen LogP contribution >= 0.6 is 11.8 Å². The van der Waals surface area contributed by atoms with Crippen molar-refractivity contribution in [2.24, 2.45) is 5.73 Å². The minimum absolute atomic E-state index is 0.0446. The van der Waals surface area contributed by atoms with Gasteiger partial charge in [-0.3, -0.25) is 0 Å². The van der Waals surface area contributed by atoms with Gasteiger partial charge < -0.3 is 5.73 Å². The molecule has 0 aromatic heterocycles. The zero-order valence-electron chi connectivity index (χ0n) is 8.59. The molecular weight excluding hydrogens is 197 g/mol. The highest BCUT2D eigenvalue weighted by Gasteiger charge is 2.07. The van der Waals surface area contributed by atoms with E-state index in [0.29, 0.717) is 0 Å². The van der Waals surface area contributed by atoms with Gasteiger partial charge in [0.2, 0.25) is 0 Å². The SMILES string of the molecule is CSCCC(N)c1cc(C)cc(F)c1. The maximum atomic E-state index is 13.0. The third-order valence-electron chi connectivity index (χ3n) is 2.13. The molecule has 0 spiro atoms. The van der Waals surface area contributed by atoms with Crippen LogP contribution in [0.4, 0.5) is 4.39 Å². The van der Waals surface area contributed by atoms with Gasteiger partial charge in [0, 0.05) is 6.04 Å². The van der Waals surface area contributed by atoms with Crippen molar-refractivity contribution in [1.82, 2.24) is 0 Å². The van der Waals surface area contributed by atoms with Crippen molar-refractivity contribution < 1.29 is 4.39 Å². The van der Waals surface area contributed by atoms with Crippen LogP contribution in [0.2, 0.25) is 0 Å². The van der Waals surface area contributed by atoms with E-state index in [1.165, 1.54) is 12.1 Å². The molecule has 1 atom stereocenters. The number of thioether (sulfide) groups is 1. The lowest BCUT2D eigenvalue weighted by Gasteiger charge is -2.12. The summed E-state index contributed by atoms with van der Waals surface area (Å²) >= 11 is 1.76. The van der Waals surface area contributed by atoms with Crippen molar-refractivity contribution in [3.05, 3.63) is 35.1 Å². The van der Waals surface area contributed by atoms with Crippen LogP contribution in [0.25, 0.3) is 0 Å². The lowest BCUT2D eigenvalue weighted by Crippen LogP contribution is -2.11. The van der Waals surface area contributed by atoms with Crippen LogP contribution in [-0.4, -0.2) is 12.0 Å². The second-order valence-electron chi connectivity index (χ2n) is 3.45. The Kier molecular flexibility index (Phi) is 4.42. The second-order valence-corrected chi connectivity index (χ2v) is 4.44. The molecule has 0 heterocycles. The average Bonchev–Trinajstić information content (AvgIpc) is 2.12. The van der Waals surface area contributed by atoms with Gasteiger partial charge in [-0.25, -0.2) is 4.39 Å². The lowest BCUT2D eigenvalue weighted by atomic mass is 10.0. The largest absolute Gasteiger partial charge is 0.324 e. The summed E-state index contributed by atoms with van der Waals surface area (Å²) in [5, 5.41) is 0. The first-order valence-electron chi connectivity index (χ1n) is 4.65. The van der Waals surface area contributed by atoms with E-state index in [9.17, 15) is 4.39 Å². The topological polar surface area (TPSA) is 26.0 Å². The summed E-state index contributed by atoms with van der Waals surface area (Å²) in [4.78, 5) is 0. The lowest BCUT2D eigenvalue weighted by molar-refractivity contribution is 0.616. The van der Waals surface area contributed by atoms with Crippen LogP contribution in [-0.2, 0) is 0 Å². The Labute approximate surface area is 88.9 Å². The summed E-state index contributed by atoms with van der Waals surface area (Å²) in [6.07, 6.45) is 2.94. The zero-order valence-corrected chi connectivity index (χ0v) is 9.40. The molecule has 0 aliphatic heterocycles. The van der Waals surface area contributed by atoms with Crippen LogP contribution < -0.4 is 5.73 Å². The fraction of sp³-hybridized carbons (Fsp3) is 0.455. The molecule has 0 aliphatic rings. The summed E-state index contributed by atoms with van der Waals surface area (Å²) in [6, 6.07) is 4.95. The van der Waals surface area contributed by atoms with Crippen LogP contribution in [0.3, 0.4) is 0 Å². The third-order valence-corrected chi connectivity index (χ3v) is 2.77. The fourth-order valence-corrected chi connectivity index (χ4v) is 1.88. The second kappa shape index (κ2) is 5.37. The van der Waals surface area contributed by atoms with Gasteiger partial charge >= 0.3 is 0 Å². The van der Waals surface area contributed by atoms with Crippen molar-refractivity contribution in [3.8, 4) is 0 Å². The number of halogens is 1. The predicted octanol–water partition coefficient (Wildman–Crippen LogP) is 2.89. The summed E-state index contributed by atoms with van der Waals surface area (Å²) in [6.45, 7) is 1.88. The normalized spacial score (nSPS) is 12.9. The van der Waals surface area contributed by atoms with Crippen molar-refractivity contribution in [2.75, 3.05) is 12.0 Å².